The summed E-state index contributed by atoms with van der Waals surface area (Å²) in [5, 5.41) is 19.6. The Hall–Kier alpha value is -3.33. The van der Waals surface area contributed by atoms with Gasteiger partial charge in [-0.2, -0.15) is 0 Å². The zero-order chi connectivity index (χ0) is 19.6. The van der Waals surface area contributed by atoms with Gasteiger partial charge in [-0.05, 0) is 47.7 Å². The summed E-state index contributed by atoms with van der Waals surface area (Å²) in [6.45, 7) is -0.0425. The average Bonchev–Trinajstić information content (AvgIpc) is 2.89. The molecule has 0 bridgehead atoms. The maximum atomic E-state index is 12.6. The number of rotatable bonds is 6. The van der Waals surface area contributed by atoms with Gasteiger partial charge in [0.15, 0.2) is 5.37 Å². The lowest BCUT2D eigenvalue weighted by Gasteiger charge is -2.15. The number of carboxylic acids is 2. The molecule has 0 unspecified atom stereocenters. The molecular weight excluding hydrogens is 372 g/mol. The summed E-state index contributed by atoms with van der Waals surface area (Å²) in [5.41, 5.74) is 1.05. The molecule has 1 fully saturated rings. The number of imide groups is 1. The smallest absolute Gasteiger partial charge is 0.335 e. The van der Waals surface area contributed by atoms with Crippen molar-refractivity contribution < 1.29 is 29.4 Å². The lowest BCUT2D eigenvalue weighted by atomic mass is 10.1. The molecule has 8 nitrogen and oxygen atoms in total. The van der Waals surface area contributed by atoms with E-state index in [1.165, 1.54) is 30.3 Å². The quantitative estimate of drug-likeness (QED) is 0.692. The highest BCUT2D eigenvalue weighted by Crippen LogP contribution is 2.30. The lowest BCUT2D eigenvalue weighted by molar-refractivity contribution is -0.126. The predicted molar refractivity (Wildman–Crippen MR) is 97.8 cm³/mol. The summed E-state index contributed by atoms with van der Waals surface area (Å²) in [5.74, 6) is -2.67. The Morgan fingerprint density at radius 3 is 2.30 bits per heavy atom. The minimum atomic E-state index is -1.10. The van der Waals surface area contributed by atoms with Gasteiger partial charge in [0.25, 0.3) is 11.1 Å². The monoisotopic (exact) mass is 386 g/mol. The standard InChI is InChI=1S/C18H14N2O6S/c21-15-14(19-13-6-2-5-12(8-13)17(24)25)27-18(26)20(15)9-10-3-1-4-11(7-10)16(22)23/h1-8,14,19H,9H2,(H,22,23)(H,24,25)/t14-/m0/s1. The highest BCUT2D eigenvalue weighted by Gasteiger charge is 2.39. The minimum Gasteiger partial charge on any atom is -0.478 e. The third-order valence-corrected chi connectivity index (χ3v) is 4.83. The number of benzene rings is 2. The fraction of sp³-hybridized carbons (Fsp3) is 0.111. The van der Waals surface area contributed by atoms with Crippen LogP contribution in [-0.2, 0) is 11.3 Å². The molecule has 1 atom stereocenters. The van der Waals surface area contributed by atoms with Gasteiger partial charge in [0.1, 0.15) is 0 Å². The summed E-state index contributed by atoms with van der Waals surface area (Å²) in [6.07, 6.45) is 0. The zero-order valence-corrected chi connectivity index (χ0v) is 14.6. The number of nitrogens with zero attached hydrogens (tertiary/aromatic N) is 1. The number of carbonyl (C=O) groups excluding carboxylic acids is 2. The Labute approximate surface area is 157 Å². The largest absolute Gasteiger partial charge is 0.478 e. The number of anilines is 1. The molecule has 9 heteroatoms. The Bertz CT molecular complexity index is 945. The van der Waals surface area contributed by atoms with Gasteiger partial charge in [-0.3, -0.25) is 14.5 Å². The van der Waals surface area contributed by atoms with Crippen molar-refractivity contribution in [2.45, 2.75) is 11.9 Å². The highest BCUT2D eigenvalue weighted by molar-refractivity contribution is 8.15. The number of aromatic carboxylic acids is 2. The first-order valence-electron chi connectivity index (χ1n) is 7.79. The normalized spacial score (nSPS) is 16.4. The van der Waals surface area contributed by atoms with Gasteiger partial charge in [0, 0.05) is 5.69 Å². The van der Waals surface area contributed by atoms with Crippen molar-refractivity contribution in [2.24, 2.45) is 0 Å². The van der Waals surface area contributed by atoms with Gasteiger partial charge >= 0.3 is 11.9 Å². The van der Waals surface area contributed by atoms with Crippen LogP contribution in [0, 0.1) is 0 Å². The summed E-state index contributed by atoms with van der Waals surface area (Å²) < 4.78 is 0. The Morgan fingerprint density at radius 1 is 1.00 bits per heavy atom. The van der Waals surface area contributed by atoms with Crippen molar-refractivity contribution in [1.82, 2.24) is 4.90 Å². The van der Waals surface area contributed by atoms with E-state index in [1.54, 1.807) is 18.2 Å². The first kappa shape index (κ1) is 18.5. The Morgan fingerprint density at radius 2 is 1.63 bits per heavy atom. The van der Waals surface area contributed by atoms with Crippen molar-refractivity contribution in [3.8, 4) is 0 Å². The van der Waals surface area contributed by atoms with E-state index in [9.17, 15) is 19.2 Å². The molecule has 27 heavy (non-hydrogen) atoms. The van der Waals surface area contributed by atoms with Crippen molar-refractivity contribution in [3.05, 3.63) is 65.2 Å². The first-order chi connectivity index (χ1) is 12.8. The molecule has 0 aliphatic carbocycles. The number of nitrogens with one attached hydrogen (secondary N) is 1. The molecule has 138 valence electrons. The van der Waals surface area contributed by atoms with Gasteiger partial charge in [0.2, 0.25) is 0 Å². The molecule has 3 rings (SSSR count). The molecule has 1 aliphatic rings. The van der Waals surface area contributed by atoms with E-state index < -0.39 is 28.5 Å². The molecule has 0 radical (unpaired) electrons. The fourth-order valence-electron chi connectivity index (χ4n) is 2.56. The highest BCUT2D eigenvalue weighted by atomic mass is 32.2. The van der Waals surface area contributed by atoms with Gasteiger partial charge < -0.3 is 15.5 Å². The van der Waals surface area contributed by atoms with Crippen LogP contribution in [0.5, 0.6) is 0 Å². The van der Waals surface area contributed by atoms with Gasteiger partial charge in [-0.15, -0.1) is 0 Å². The van der Waals surface area contributed by atoms with E-state index in [0.29, 0.717) is 11.3 Å². The Balaban J connectivity index is 1.73. The minimum absolute atomic E-state index is 0.0425. The van der Waals surface area contributed by atoms with E-state index in [2.05, 4.69) is 5.32 Å². The second-order valence-electron chi connectivity index (χ2n) is 5.72. The van der Waals surface area contributed by atoms with Crippen LogP contribution in [0.25, 0.3) is 0 Å². The topological polar surface area (TPSA) is 124 Å². The number of hydrogen-bond donors (Lipinski definition) is 3. The van der Waals surface area contributed by atoms with Crippen molar-refractivity contribution >= 4 is 40.5 Å². The molecule has 2 aromatic rings. The van der Waals surface area contributed by atoms with Crippen LogP contribution in [0.4, 0.5) is 10.5 Å². The summed E-state index contributed by atoms with van der Waals surface area (Å²) >= 11 is 0.783. The summed E-state index contributed by atoms with van der Waals surface area (Å²) in [6, 6.07) is 11.9. The molecule has 3 N–H and O–H groups in total. The van der Waals surface area contributed by atoms with Crippen LogP contribution in [0.2, 0.25) is 0 Å². The second-order valence-corrected chi connectivity index (χ2v) is 6.78. The maximum Gasteiger partial charge on any atom is 0.335 e. The molecule has 2 aromatic carbocycles. The van der Waals surface area contributed by atoms with Crippen LogP contribution < -0.4 is 5.32 Å². The molecule has 0 saturated carbocycles. The van der Waals surface area contributed by atoms with Gasteiger partial charge in [-0.1, -0.05) is 18.2 Å². The predicted octanol–water partition coefficient (Wildman–Crippen LogP) is 2.72. The van der Waals surface area contributed by atoms with E-state index in [-0.39, 0.29) is 17.7 Å². The van der Waals surface area contributed by atoms with Crippen LogP contribution in [0.1, 0.15) is 26.3 Å². The Kier molecular flexibility index (Phi) is 5.13. The molecule has 1 heterocycles. The molecular formula is C18H14N2O6S. The first-order valence-corrected chi connectivity index (χ1v) is 8.67. The molecule has 1 saturated heterocycles. The van der Waals surface area contributed by atoms with Gasteiger partial charge in [0.05, 0.1) is 17.7 Å². The van der Waals surface area contributed by atoms with Crippen LogP contribution in [-0.4, -0.2) is 43.6 Å². The van der Waals surface area contributed by atoms with Crippen molar-refractivity contribution in [1.29, 1.82) is 0 Å². The summed E-state index contributed by atoms with van der Waals surface area (Å²) in [4.78, 5) is 47.9. The molecule has 0 spiro atoms. The van der Waals surface area contributed by atoms with Crippen LogP contribution >= 0.6 is 11.8 Å². The zero-order valence-electron chi connectivity index (χ0n) is 13.8. The maximum absolute atomic E-state index is 12.6. The van der Waals surface area contributed by atoms with Gasteiger partial charge in [-0.25, -0.2) is 9.59 Å². The average molecular weight is 386 g/mol. The number of carbonyl (C=O) groups is 4. The SMILES string of the molecule is O=C(O)c1cccc(CN2C(=O)S[C@H](Nc3cccc(C(=O)O)c3)C2=O)c1. The number of hydrogen-bond acceptors (Lipinski definition) is 6. The van der Waals surface area contributed by atoms with Crippen LogP contribution in [0.3, 0.4) is 0 Å². The van der Waals surface area contributed by atoms with E-state index in [1.807, 2.05) is 0 Å². The second kappa shape index (κ2) is 7.50. The number of thioether (sulfide) groups is 1. The summed E-state index contributed by atoms with van der Waals surface area (Å²) in [7, 11) is 0. The van der Waals surface area contributed by atoms with E-state index in [4.69, 9.17) is 10.2 Å². The van der Waals surface area contributed by atoms with Crippen molar-refractivity contribution in [2.75, 3.05) is 5.32 Å². The lowest BCUT2D eigenvalue weighted by Crippen LogP contribution is -2.34. The number of amides is 2. The molecule has 2 amide bonds. The van der Waals surface area contributed by atoms with Crippen LogP contribution in [0.15, 0.2) is 48.5 Å². The third kappa shape index (κ3) is 4.09. The molecule has 1 aliphatic heterocycles. The van der Waals surface area contributed by atoms with E-state index in [0.717, 1.165) is 16.7 Å². The fourth-order valence-corrected chi connectivity index (χ4v) is 3.47. The number of carboxylic acid groups (broad SMARTS) is 2. The molecule has 0 aromatic heterocycles. The van der Waals surface area contributed by atoms with Crippen molar-refractivity contribution in [3.63, 3.8) is 0 Å². The third-order valence-electron chi connectivity index (χ3n) is 3.85. The van der Waals surface area contributed by atoms with E-state index >= 15 is 0 Å².